The summed E-state index contributed by atoms with van der Waals surface area (Å²) in [6.45, 7) is 4.08. The zero-order valence-corrected chi connectivity index (χ0v) is 19.3. The molecule has 0 amide bonds. The largest absolute Gasteiger partial charge is 0.490 e. The summed E-state index contributed by atoms with van der Waals surface area (Å²) in [4.78, 5) is 8.09. The summed E-state index contributed by atoms with van der Waals surface area (Å²) >= 11 is 0. The van der Waals surface area contributed by atoms with Gasteiger partial charge in [0, 0.05) is 17.6 Å². The van der Waals surface area contributed by atoms with Crippen LogP contribution in [0, 0.1) is 0 Å². The van der Waals surface area contributed by atoms with Gasteiger partial charge in [0.1, 0.15) is 17.1 Å². The summed E-state index contributed by atoms with van der Waals surface area (Å²) < 4.78 is 47.0. The third-order valence-electron chi connectivity index (χ3n) is 6.17. The van der Waals surface area contributed by atoms with Crippen LogP contribution in [0.1, 0.15) is 63.0 Å². The van der Waals surface area contributed by atoms with E-state index in [1.807, 2.05) is 38.1 Å². The lowest BCUT2D eigenvalue weighted by atomic mass is 9.97. The highest BCUT2D eigenvalue weighted by molar-refractivity contribution is 5.66. The van der Waals surface area contributed by atoms with Crippen molar-refractivity contribution in [3.63, 3.8) is 0 Å². The highest BCUT2D eigenvalue weighted by Gasteiger charge is 2.35. The molecule has 3 aromatic rings. The fourth-order valence-corrected chi connectivity index (χ4v) is 4.08. The molecule has 2 aromatic carbocycles. The number of hydrogen-bond acceptors (Lipinski definition) is 5. The molecule has 1 saturated carbocycles. The molecule has 1 aliphatic rings. The average Bonchev–Trinajstić information content (AvgIpc) is 3.33. The van der Waals surface area contributed by atoms with E-state index in [-0.39, 0.29) is 23.8 Å². The van der Waals surface area contributed by atoms with Crippen LogP contribution in [0.25, 0.3) is 0 Å². The standard InChI is InChI=1S/C26H29F3N4O/c1-3-17(2)21-10-6-7-11-23(21)32-24-22(26(27,28)29)16-30-25(33-24)31-18-12-14-20(15-13-18)34-19-8-4-5-9-19/h6-7,10-17,19H,3-5,8-9H2,1-2H3,(H2,30,31,32,33). The van der Waals surface area contributed by atoms with Crippen molar-refractivity contribution in [1.29, 1.82) is 0 Å². The van der Waals surface area contributed by atoms with Gasteiger partial charge in [0.25, 0.3) is 0 Å². The Morgan fingerprint density at radius 1 is 1.03 bits per heavy atom. The van der Waals surface area contributed by atoms with E-state index in [4.69, 9.17) is 4.74 Å². The molecule has 8 heteroatoms. The van der Waals surface area contributed by atoms with Gasteiger partial charge in [-0.15, -0.1) is 0 Å². The zero-order valence-electron chi connectivity index (χ0n) is 19.3. The summed E-state index contributed by atoms with van der Waals surface area (Å²) in [7, 11) is 0. The van der Waals surface area contributed by atoms with E-state index in [9.17, 15) is 13.2 Å². The number of nitrogens with one attached hydrogen (secondary N) is 2. The van der Waals surface area contributed by atoms with Gasteiger partial charge in [0.2, 0.25) is 5.95 Å². The highest BCUT2D eigenvalue weighted by Crippen LogP contribution is 2.37. The van der Waals surface area contributed by atoms with Crippen LogP contribution >= 0.6 is 0 Å². The normalized spacial score (nSPS) is 15.2. The second-order valence-electron chi connectivity index (χ2n) is 8.65. The zero-order chi connectivity index (χ0) is 24.1. The number of benzene rings is 2. The molecule has 0 saturated heterocycles. The first-order valence-electron chi connectivity index (χ1n) is 11.7. The van der Waals surface area contributed by atoms with E-state index in [0.29, 0.717) is 11.4 Å². The van der Waals surface area contributed by atoms with Crippen LogP contribution < -0.4 is 15.4 Å². The van der Waals surface area contributed by atoms with E-state index in [0.717, 1.165) is 36.8 Å². The van der Waals surface area contributed by atoms with Crippen molar-refractivity contribution in [3.8, 4) is 5.75 Å². The fourth-order valence-electron chi connectivity index (χ4n) is 4.08. The summed E-state index contributed by atoms with van der Waals surface area (Å²) in [5.74, 6) is 0.736. The van der Waals surface area contributed by atoms with Crippen LogP contribution in [0.15, 0.2) is 54.7 Å². The molecule has 2 N–H and O–H groups in total. The minimum Gasteiger partial charge on any atom is -0.490 e. The summed E-state index contributed by atoms with van der Waals surface area (Å²) in [6, 6.07) is 14.6. The molecule has 1 aromatic heterocycles. The minimum atomic E-state index is -4.59. The molecule has 34 heavy (non-hydrogen) atoms. The number of nitrogens with zero attached hydrogens (tertiary/aromatic N) is 2. The second-order valence-corrected chi connectivity index (χ2v) is 8.65. The molecule has 0 spiro atoms. The molecule has 180 valence electrons. The molecular formula is C26H29F3N4O. The van der Waals surface area contributed by atoms with Gasteiger partial charge in [0.05, 0.1) is 6.10 Å². The quantitative estimate of drug-likeness (QED) is 0.351. The summed E-state index contributed by atoms with van der Waals surface area (Å²) in [5.41, 5.74) is 1.27. The van der Waals surface area contributed by atoms with Gasteiger partial charge in [-0.3, -0.25) is 0 Å². The van der Waals surface area contributed by atoms with Crippen LogP contribution in [0.3, 0.4) is 0 Å². The van der Waals surface area contributed by atoms with Crippen LogP contribution in [0.5, 0.6) is 5.75 Å². The van der Waals surface area contributed by atoms with Crippen molar-refractivity contribution in [2.45, 2.75) is 64.1 Å². The van der Waals surface area contributed by atoms with Crippen LogP contribution in [0.2, 0.25) is 0 Å². The number of aromatic nitrogens is 2. The Balaban J connectivity index is 1.56. The van der Waals surface area contributed by atoms with E-state index in [1.54, 1.807) is 24.3 Å². The van der Waals surface area contributed by atoms with E-state index in [2.05, 4.69) is 20.6 Å². The molecule has 5 nitrogen and oxygen atoms in total. The maximum atomic E-state index is 13.7. The first-order valence-corrected chi connectivity index (χ1v) is 11.7. The van der Waals surface area contributed by atoms with E-state index >= 15 is 0 Å². The maximum absolute atomic E-state index is 13.7. The third kappa shape index (κ3) is 5.79. The topological polar surface area (TPSA) is 59.1 Å². The molecule has 1 unspecified atom stereocenters. The predicted molar refractivity (Wildman–Crippen MR) is 128 cm³/mol. The smallest absolute Gasteiger partial charge is 0.421 e. The molecule has 1 atom stereocenters. The highest BCUT2D eigenvalue weighted by atomic mass is 19.4. The van der Waals surface area contributed by atoms with Crippen molar-refractivity contribution in [3.05, 3.63) is 65.9 Å². The lowest BCUT2D eigenvalue weighted by Crippen LogP contribution is -2.13. The number of rotatable bonds is 8. The first kappa shape index (κ1) is 23.9. The predicted octanol–water partition coefficient (Wildman–Crippen LogP) is 7.82. The van der Waals surface area contributed by atoms with Crippen molar-refractivity contribution in [2.75, 3.05) is 10.6 Å². The lowest BCUT2D eigenvalue weighted by Gasteiger charge is -2.19. The van der Waals surface area contributed by atoms with Gasteiger partial charge in [0.15, 0.2) is 0 Å². The Bertz CT molecular complexity index is 1100. The Labute approximate surface area is 197 Å². The van der Waals surface area contributed by atoms with Crippen LogP contribution in [-0.4, -0.2) is 16.1 Å². The number of para-hydroxylation sites is 1. The van der Waals surface area contributed by atoms with Gasteiger partial charge in [-0.05, 0) is 73.9 Å². The van der Waals surface area contributed by atoms with Gasteiger partial charge in [-0.25, -0.2) is 4.98 Å². The fraction of sp³-hybridized carbons (Fsp3) is 0.385. The van der Waals surface area contributed by atoms with Gasteiger partial charge >= 0.3 is 6.18 Å². The van der Waals surface area contributed by atoms with Crippen LogP contribution in [0.4, 0.5) is 36.3 Å². The second kappa shape index (κ2) is 10.3. The van der Waals surface area contributed by atoms with Crippen molar-refractivity contribution in [2.24, 2.45) is 0 Å². The van der Waals surface area contributed by atoms with Crippen molar-refractivity contribution >= 4 is 23.1 Å². The Kier molecular flexibility index (Phi) is 7.24. The van der Waals surface area contributed by atoms with Gasteiger partial charge in [-0.2, -0.15) is 18.2 Å². The van der Waals surface area contributed by atoms with E-state index < -0.39 is 11.7 Å². The molecular weight excluding hydrogens is 441 g/mol. The molecule has 4 rings (SSSR count). The molecule has 1 heterocycles. The molecule has 0 aliphatic heterocycles. The number of anilines is 4. The minimum absolute atomic E-state index is 0.0704. The Hall–Kier alpha value is -3.29. The SMILES string of the molecule is CCC(C)c1ccccc1Nc1nc(Nc2ccc(OC3CCCC3)cc2)ncc1C(F)(F)F. The Morgan fingerprint density at radius 2 is 1.74 bits per heavy atom. The van der Waals surface area contributed by atoms with E-state index in [1.165, 1.54) is 12.8 Å². The number of halogens is 3. The number of hydrogen-bond donors (Lipinski definition) is 2. The lowest BCUT2D eigenvalue weighted by molar-refractivity contribution is -0.137. The molecule has 0 radical (unpaired) electrons. The Morgan fingerprint density at radius 3 is 2.41 bits per heavy atom. The number of ether oxygens (including phenoxy) is 1. The molecule has 1 fully saturated rings. The first-order chi connectivity index (χ1) is 16.3. The summed E-state index contributed by atoms with van der Waals surface area (Å²) in [6.07, 6.45) is 1.84. The van der Waals surface area contributed by atoms with Crippen molar-refractivity contribution < 1.29 is 17.9 Å². The van der Waals surface area contributed by atoms with Crippen LogP contribution in [-0.2, 0) is 6.18 Å². The maximum Gasteiger partial charge on any atom is 0.421 e. The monoisotopic (exact) mass is 470 g/mol. The molecule has 1 aliphatic carbocycles. The van der Waals surface area contributed by atoms with Crippen molar-refractivity contribution in [1.82, 2.24) is 9.97 Å². The third-order valence-corrected chi connectivity index (χ3v) is 6.17. The van der Waals surface area contributed by atoms with Gasteiger partial charge in [-0.1, -0.05) is 32.0 Å². The van der Waals surface area contributed by atoms with Gasteiger partial charge < -0.3 is 15.4 Å². The average molecular weight is 471 g/mol. The number of alkyl halides is 3. The molecule has 0 bridgehead atoms. The summed E-state index contributed by atoms with van der Waals surface area (Å²) in [5, 5.41) is 5.90.